The van der Waals surface area contributed by atoms with Gasteiger partial charge in [0, 0.05) is 49.1 Å². The van der Waals surface area contributed by atoms with Crippen LogP contribution in [0.5, 0.6) is 17.2 Å². The van der Waals surface area contributed by atoms with Gasteiger partial charge in [-0.25, -0.2) is 0 Å². The van der Waals surface area contributed by atoms with Crippen molar-refractivity contribution < 1.29 is 63.2 Å². The number of hydrogen-bond acceptors (Lipinski definition) is 14. The smallest absolute Gasteiger partial charge is 0.202 e. The van der Waals surface area contributed by atoms with Crippen LogP contribution in [0.3, 0.4) is 0 Å². The molecule has 14 heteroatoms. The zero-order valence-corrected chi connectivity index (χ0v) is 25.4. The number of aliphatic hydroxyl groups is 2. The average molecular weight is 642 g/mol. The van der Waals surface area contributed by atoms with Crippen molar-refractivity contribution in [3.05, 3.63) is 51.6 Å². The van der Waals surface area contributed by atoms with E-state index in [1.165, 1.54) is 25.3 Å². The lowest BCUT2D eigenvalue weighted by Crippen LogP contribution is -2.55. The van der Waals surface area contributed by atoms with Gasteiger partial charge in [0.05, 0.1) is 49.2 Å². The van der Waals surface area contributed by atoms with Crippen LogP contribution < -0.4 is 4.74 Å². The number of nitrogens with zero attached hydrogens (tertiary/aromatic N) is 1. The topological polar surface area (TPSA) is 191 Å². The first-order chi connectivity index (χ1) is 22.0. The summed E-state index contributed by atoms with van der Waals surface area (Å²) in [6.45, 7) is 1.57. The molecule has 14 nitrogen and oxygen atoms in total. The summed E-state index contributed by atoms with van der Waals surface area (Å²) >= 11 is 0. The molecule has 2 aliphatic carbocycles. The molecule has 2 aromatic carbocycles. The van der Waals surface area contributed by atoms with E-state index in [4.69, 9.17) is 28.4 Å². The zero-order valence-electron chi connectivity index (χ0n) is 25.4. The molecule has 5 aliphatic rings. The van der Waals surface area contributed by atoms with Crippen molar-refractivity contribution in [3.8, 4) is 17.2 Å². The molecule has 0 amide bonds. The highest BCUT2D eigenvalue weighted by Gasteiger charge is 2.54. The van der Waals surface area contributed by atoms with Crippen LogP contribution in [0.4, 0.5) is 0 Å². The zero-order chi connectivity index (χ0) is 32.7. The van der Waals surface area contributed by atoms with E-state index in [1.807, 2.05) is 6.92 Å². The molecule has 0 spiro atoms. The number of methoxy groups -OCH3 is 2. The van der Waals surface area contributed by atoms with Crippen molar-refractivity contribution >= 4 is 17.3 Å². The predicted molar refractivity (Wildman–Crippen MR) is 154 cm³/mol. The SMILES string of the molecule is COc1cccc2c1C(=O)c1c(O)c3c(c(O)c1C2=O)C[C@@](O)(C(=O)CO)C[C@@H]3O[C@H]1C[C@H]2[C@H](OC3COC(OC)CN32)[C@H](C)O1. The van der Waals surface area contributed by atoms with Gasteiger partial charge in [0.2, 0.25) is 5.78 Å². The summed E-state index contributed by atoms with van der Waals surface area (Å²) < 4.78 is 35.2. The quantitative estimate of drug-likeness (QED) is 0.275. The van der Waals surface area contributed by atoms with Gasteiger partial charge in [-0.05, 0) is 13.0 Å². The lowest BCUT2D eigenvalue weighted by atomic mass is 9.72. The standard InChI is InChI=1S/C32H35NO13/c1-13-31-16(33-10-22(42-3)43-12-20(33)46-31)7-21(44-13)45-18-9-32(40,19(35)11-34)8-15-24(18)30(39)26-25(28(15)37)27(36)14-5-4-6-17(41-2)23(14)29(26)38/h4-6,13,16,18,20-22,31,34,37,39-40H,7-12H2,1-3H3/t13-,16-,18-,20?,21-,22?,31+,32-/m0/s1. The van der Waals surface area contributed by atoms with E-state index in [0.29, 0.717) is 19.6 Å². The van der Waals surface area contributed by atoms with Crippen molar-refractivity contribution in [2.45, 2.75) is 74.9 Å². The summed E-state index contributed by atoms with van der Waals surface area (Å²) in [6.07, 6.45) is -4.45. The number of aliphatic hydroxyl groups excluding tert-OH is 1. The molecule has 0 aromatic heterocycles. The molecular formula is C32H35NO13. The lowest BCUT2D eigenvalue weighted by molar-refractivity contribution is -0.247. The Labute approximate surface area is 263 Å². The van der Waals surface area contributed by atoms with E-state index >= 15 is 0 Å². The average Bonchev–Trinajstić information content (AvgIpc) is 3.42. The van der Waals surface area contributed by atoms with E-state index < -0.39 is 89.8 Å². The van der Waals surface area contributed by atoms with E-state index in [1.54, 1.807) is 7.11 Å². The Hall–Kier alpha value is -3.47. The fourth-order valence-electron chi connectivity index (χ4n) is 7.63. The molecule has 7 rings (SSSR count). The highest BCUT2D eigenvalue weighted by molar-refractivity contribution is 6.31. The highest BCUT2D eigenvalue weighted by atomic mass is 16.7. The van der Waals surface area contributed by atoms with Gasteiger partial charge in [-0.1, -0.05) is 12.1 Å². The van der Waals surface area contributed by atoms with Crippen molar-refractivity contribution in [1.29, 1.82) is 0 Å². The Bertz CT molecular complexity index is 1630. The minimum Gasteiger partial charge on any atom is -0.507 e. The Morgan fingerprint density at radius 2 is 1.83 bits per heavy atom. The molecular weight excluding hydrogens is 606 g/mol. The number of fused-ring (bicyclic) bond motifs is 6. The molecule has 8 atom stereocenters. The van der Waals surface area contributed by atoms with Gasteiger partial charge in [-0.2, -0.15) is 0 Å². The summed E-state index contributed by atoms with van der Waals surface area (Å²) in [7, 11) is 2.90. The van der Waals surface area contributed by atoms with Crippen molar-refractivity contribution in [1.82, 2.24) is 4.90 Å². The van der Waals surface area contributed by atoms with E-state index in [9.17, 15) is 34.8 Å². The number of carbonyl (C=O) groups is 3. The maximum absolute atomic E-state index is 13.9. The Kier molecular flexibility index (Phi) is 7.68. The lowest BCUT2D eigenvalue weighted by Gasteiger charge is -2.43. The Balaban J connectivity index is 1.29. The minimum atomic E-state index is -2.23. The summed E-state index contributed by atoms with van der Waals surface area (Å²) in [5.41, 5.74) is -3.43. The number of aromatic hydroxyl groups is 2. The molecule has 3 aliphatic heterocycles. The first-order valence-electron chi connectivity index (χ1n) is 15.1. The second-order valence-corrected chi connectivity index (χ2v) is 12.3. The fraction of sp³-hybridized carbons (Fsp3) is 0.531. The van der Waals surface area contributed by atoms with Gasteiger partial charge in [0.25, 0.3) is 0 Å². The van der Waals surface area contributed by atoms with Gasteiger partial charge in [-0.15, -0.1) is 0 Å². The van der Waals surface area contributed by atoms with Crippen LogP contribution in [0.2, 0.25) is 0 Å². The number of ether oxygens (including phenoxy) is 6. The summed E-state index contributed by atoms with van der Waals surface area (Å²) in [5.74, 6) is -3.61. The monoisotopic (exact) mass is 641 g/mol. The summed E-state index contributed by atoms with van der Waals surface area (Å²) in [4.78, 5) is 42.6. The third-order valence-corrected chi connectivity index (χ3v) is 9.85. The van der Waals surface area contributed by atoms with Crippen LogP contribution in [0, 0.1) is 0 Å². The second kappa shape index (κ2) is 11.3. The first-order valence-corrected chi connectivity index (χ1v) is 15.1. The maximum Gasteiger partial charge on any atom is 0.202 e. The van der Waals surface area contributed by atoms with E-state index in [2.05, 4.69) is 4.90 Å². The van der Waals surface area contributed by atoms with Gasteiger partial charge in [-0.3, -0.25) is 19.3 Å². The number of carbonyl (C=O) groups excluding carboxylic acids is 3. The minimum absolute atomic E-state index is 0.0353. The third kappa shape index (κ3) is 4.58. The molecule has 2 aromatic rings. The molecule has 0 radical (unpaired) electrons. The molecule has 3 saturated heterocycles. The predicted octanol–water partition coefficient (Wildman–Crippen LogP) is 0.711. The van der Waals surface area contributed by atoms with Crippen LogP contribution in [0.15, 0.2) is 18.2 Å². The number of Topliss-reactive ketones (excluding diaryl/α,β-unsaturated/α-hetero) is 1. The molecule has 2 unspecified atom stereocenters. The van der Waals surface area contributed by atoms with E-state index in [0.717, 1.165) is 0 Å². The van der Waals surface area contributed by atoms with Crippen molar-refractivity contribution in [3.63, 3.8) is 0 Å². The van der Waals surface area contributed by atoms with Crippen LogP contribution in [0.25, 0.3) is 0 Å². The third-order valence-electron chi connectivity index (χ3n) is 9.85. The fourth-order valence-corrected chi connectivity index (χ4v) is 7.63. The number of rotatable bonds is 6. The molecule has 3 fully saturated rings. The van der Waals surface area contributed by atoms with E-state index in [-0.39, 0.29) is 46.4 Å². The molecule has 3 heterocycles. The molecule has 0 saturated carbocycles. The van der Waals surface area contributed by atoms with Gasteiger partial charge >= 0.3 is 0 Å². The van der Waals surface area contributed by atoms with Gasteiger partial charge in [0.1, 0.15) is 41.8 Å². The molecule has 0 bridgehead atoms. The van der Waals surface area contributed by atoms with Gasteiger partial charge < -0.3 is 48.8 Å². The number of ketones is 3. The van der Waals surface area contributed by atoms with Crippen LogP contribution >= 0.6 is 0 Å². The summed E-state index contributed by atoms with van der Waals surface area (Å²) in [5, 5.41) is 44.5. The number of benzene rings is 2. The van der Waals surface area contributed by atoms with Crippen LogP contribution in [-0.2, 0) is 34.9 Å². The van der Waals surface area contributed by atoms with Crippen LogP contribution in [0.1, 0.15) is 68.8 Å². The number of morpholine rings is 1. The Morgan fingerprint density at radius 3 is 2.54 bits per heavy atom. The maximum atomic E-state index is 13.9. The number of phenols is 2. The van der Waals surface area contributed by atoms with Crippen molar-refractivity contribution in [2.75, 3.05) is 34.0 Å². The highest BCUT2D eigenvalue weighted by Crippen LogP contribution is 2.53. The van der Waals surface area contributed by atoms with Gasteiger partial charge in [0.15, 0.2) is 24.1 Å². The number of hydrogen-bond donors (Lipinski definition) is 4. The van der Waals surface area contributed by atoms with Crippen LogP contribution in [-0.4, -0.2) is 119 Å². The first kappa shape index (κ1) is 31.1. The second-order valence-electron chi connectivity index (χ2n) is 12.3. The normalized spacial score (nSPS) is 33.5. The Morgan fingerprint density at radius 1 is 1.07 bits per heavy atom. The molecule has 46 heavy (non-hydrogen) atoms. The largest absolute Gasteiger partial charge is 0.507 e. The molecule has 246 valence electrons. The molecule has 4 N–H and O–H groups in total. The summed E-state index contributed by atoms with van der Waals surface area (Å²) in [6, 6.07) is 4.26. The number of phenolic OH excluding ortho intramolecular Hbond substituents is 2. The van der Waals surface area contributed by atoms with Crippen molar-refractivity contribution in [2.24, 2.45) is 0 Å².